The van der Waals surface area contributed by atoms with Crippen LogP contribution in [-0.2, 0) is 14.8 Å². The second-order valence-electron chi connectivity index (χ2n) is 3.23. The molecule has 0 amide bonds. The van der Waals surface area contributed by atoms with Crippen molar-refractivity contribution >= 4 is 56.4 Å². The van der Waals surface area contributed by atoms with Crippen LogP contribution in [0.3, 0.4) is 0 Å². The van der Waals surface area contributed by atoms with Crippen molar-refractivity contribution in [3.05, 3.63) is 29.3 Å². The molecule has 9 heteroatoms. The standard InChI is InChI=1S/C9H9Cl4NO3S/c1-17-8(9(11,12)13)14-18(15,16)7-4-2-6(10)3-5-7/h2-5,8,14H,1H3. The van der Waals surface area contributed by atoms with Gasteiger partial charge in [-0.25, -0.2) is 8.42 Å². The topological polar surface area (TPSA) is 55.4 Å². The van der Waals surface area contributed by atoms with Gasteiger partial charge in [0.2, 0.25) is 13.8 Å². The summed E-state index contributed by atoms with van der Waals surface area (Å²) in [5, 5.41) is 0.415. The van der Waals surface area contributed by atoms with Gasteiger partial charge in [-0.3, -0.25) is 0 Å². The first-order valence-electron chi connectivity index (χ1n) is 4.54. The van der Waals surface area contributed by atoms with Crippen LogP contribution in [0.2, 0.25) is 5.02 Å². The van der Waals surface area contributed by atoms with Gasteiger partial charge >= 0.3 is 0 Å². The minimum absolute atomic E-state index is 0.0109. The Kier molecular flexibility index (Phi) is 5.56. The molecule has 0 radical (unpaired) electrons. The molecular weight excluding hydrogens is 344 g/mol. The number of benzene rings is 1. The van der Waals surface area contributed by atoms with Gasteiger partial charge < -0.3 is 4.74 Å². The van der Waals surface area contributed by atoms with Crippen LogP contribution in [-0.4, -0.2) is 25.5 Å². The highest BCUT2D eigenvalue weighted by Crippen LogP contribution is 2.31. The van der Waals surface area contributed by atoms with Gasteiger partial charge in [0.1, 0.15) is 0 Å². The van der Waals surface area contributed by atoms with Crippen molar-refractivity contribution < 1.29 is 13.2 Å². The van der Waals surface area contributed by atoms with Crippen molar-refractivity contribution in [2.45, 2.75) is 14.9 Å². The van der Waals surface area contributed by atoms with Crippen molar-refractivity contribution in [2.24, 2.45) is 0 Å². The fourth-order valence-corrected chi connectivity index (χ4v) is 3.01. The monoisotopic (exact) mass is 351 g/mol. The molecule has 1 aromatic carbocycles. The van der Waals surface area contributed by atoms with Crippen molar-refractivity contribution in [1.29, 1.82) is 0 Å². The van der Waals surface area contributed by atoms with E-state index in [1.165, 1.54) is 31.4 Å². The Morgan fingerprint density at radius 3 is 2.11 bits per heavy atom. The van der Waals surface area contributed by atoms with Crippen molar-refractivity contribution in [3.8, 4) is 0 Å². The molecule has 0 spiro atoms. The Hall–Kier alpha value is 0.250. The third-order valence-corrected chi connectivity index (χ3v) is 4.18. The molecule has 18 heavy (non-hydrogen) atoms. The highest BCUT2D eigenvalue weighted by Gasteiger charge is 2.36. The summed E-state index contributed by atoms with van der Waals surface area (Å²) in [7, 11) is -2.64. The lowest BCUT2D eigenvalue weighted by Gasteiger charge is -2.23. The summed E-state index contributed by atoms with van der Waals surface area (Å²) in [6.07, 6.45) is -1.30. The van der Waals surface area contributed by atoms with Crippen molar-refractivity contribution in [3.63, 3.8) is 0 Å². The molecule has 0 aliphatic heterocycles. The summed E-state index contributed by atoms with van der Waals surface area (Å²) in [6, 6.07) is 5.53. The fraction of sp³-hybridized carbons (Fsp3) is 0.333. The van der Waals surface area contributed by atoms with Gasteiger partial charge in [-0.2, -0.15) is 4.72 Å². The van der Waals surface area contributed by atoms with Gasteiger partial charge in [-0.1, -0.05) is 46.4 Å². The number of hydrogen-bond donors (Lipinski definition) is 1. The molecule has 0 aliphatic carbocycles. The Labute approximate surface area is 125 Å². The second kappa shape index (κ2) is 6.13. The zero-order valence-electron chi connectivity index (χ0n) is 9.03. The van der Waals surface area contributed by atoms with Gasteiger partial charge in [0.25, 0.3) is 0 Å². The average Bonchev–Trinajstić information content (AvgIpc) is 2.25. The highest BCUT2D eigenvalue weighted by atomic mass is 35.6. The quantitative estimate of drug-likeness (QED) is 0.669. The second-order valence-corrected chi connectivity index (χ2v) is 7.75. The molecule has 0 aromatic heterocycles. The Balaban J connectivity index is 2.98. The van der Waals surface area contributed by atoms with Gasteiger partial charge in [0.05, 0.1) is 4.90 Å². The van der Waals surface area contributed by atoms with Gasteiger partial charge in [-0.05, 0) is 24.3 Å². The zero-order valence-corrected chi connectivity index (χ0v) is 12.9. The van der Waals surface area contributed by atoms with Crippen LogP contribution in [0, 0.1) is 0 Å². The lowest BCUT2D eigenvalue weighted by Crippen LogP contribution is -2.44. The number of ether oxygens (including phenoxy) is 1. The Morgan fingerprint density at radius 1 is 1.22 bits per heavy atom. The molecule has 1 unspecified atom stereocenters. The number of sulfonamides is 1. The van der Waals surface area contributed by atoms with E-state index >= 15 is 0 Å². The summed E-state index contributed by atoms with van der Waals surface area (Å²) in [4.78, 5) is -0.0109. The number of methoxy groups -OCH3 is 1. The largest absolute Gasteiger partial charge is 0.361 e. The minimum Gasteiger partial charge on any atom is -0.361 e. The van der Waals surface area contributed by atoms with E-state index in [4.69, 9.17) is 51.1 Å². The maximum atomic E-state index is 11.9. The summed E-state index contributed by atoms with van der Waals surface area (Å²) in [5.41, 5.74) is 0. The predicted molar refractivity (Wildman–Crippen MR) is 72.9 cm³/mol. The number of hydrogen-bond acceptors (Lipinski definition) is 3. The lowest BCUT2D eigenvalue weighted by atomic mass is 10.4. The lowest BCUT2D eigenvalue weighted by molar-refractivity contribution is 0.0969. The van der Waals surface area contributed by atoms with Crippen LogP contribution in [0.5, 0.6) is 0 Å². The average molecular weight is 353 g/mol. The van der Waals surface area contributed by atoms with E-state index in [9.17, 15) is 8.42 Å². The van der Waals surface area contributed by atoms with E-state index < -0.39 is 20.0 Å². The molecular formula is C9H9Cl4NO3S. The first kappa shape index (κ1) is 16.3. The first-order valence-corrected chi connectivity index (χ1v) is 7.54. The normalized spacial score (nSPS) is 14.5. The van der Waals surface area contributed by atoms with Crippen LogP contribution in [0.4, 0.5) is 0 Å². The van der Waals surface area contributed by atoms with Crippen LogP contribution in [0.25, 0.3) is 0 Å². The number of alkyl halides is 3. The fourth-order valence-electron chi connectivity index (χ4n) is 1.07. The SMILES string of the molecule is COC(NS(=O)(=O)c1ccc(Cl)cc1)C(Cl)(Cl)Cl. The molecule has 1 N–H and O–H groups in total. The molecule has 1 aromatic rings. The molecule has 0 heterocycles. The highest BCUT2D eigenvalue weighted by molar-refractivity contribution is 7.89. The molecule has 0 fully saturated rings. The minimum atomic E-state index is -3.86. The van der Waals surface area contributed by atoms with Crippen molar-refractivity contribution in [2.75, 3.05) is 7.11 Å². The third kappa shape index (κ3) is 4.42. The predicted octanol–water partition coefficient (Wildman–Crippen LogP) is 2.96. The summed E-state index contributed by atoms with van der Waals surface area (Å²) < 4.78 is 28.9. The van der Waals surface area contributed by atoms with E-state index in [1.807, 2.05) is 0 Å². The Morgan fingerprint density at radius 2 is 1.72 bits per heavy atom. The van der Waals surface area contributed by atoms with E-state index in [0.717, 1.165) is 0 Å². The molecule has 0 saturated heterocycles. The van der Waals surface area contributed by atoms with Crippen molar-refractivity contribution in [1.82, 2.24) is 4.72 Å². The molecule has 102 valence electrons. The summed E-state index contributed by atoms with van der Waals surface area (Å²) >= 11 is 22.4. The van der Waals surface area contributed by atoms with Gasteiger partial charge in [0.15, 0.2) is 6.23 Å². The molecule has 0 aliphatic rings. The van der Waals surface area contributed by atoms with E-state index in [1.54, 1.807) is 0 Å². The molecule has 1 rings (SSSR count). The first-order chi connectivity index (χ1) is 8.16. The number of halogens is 4. The Bertz CT molecular complexity index is 498. The smallest absolute Gasteiger partial charge is 0.242 e. The van der Waals surface area contributed by atoms with Gasteiger partial charge in [-0.15, -0.1) is 0 Å². The van der Waals surface area contributed by atoms with Crippen LogP contribution >= 0.6 is 46.4 Å². The number of rotatable bonds is 4. The maximum absolute atomic E-state index is 11.9. The summed E-state index contributed by atoms with van der Waals surface area (Å²) in [5.74, 6) is 0. The van der Waals surface area contributed by atoms with E-state index in [2.05, 4.69) is 4.72 Å². The zero-order chi connectivity index (χ0) is 14.0. The van der Waals surface area contributed by atoms with Crippen LogP contribution < -0.4 is 4.72 Å². The van der Waals surface area contributed by atoms with Crippen LogP contribution in [0.1, 0.15) is 0 Å². The van der Waals surface area contributed by atoms with Crippen LogP contribution in [0.15, 0.2) is 29.2 Å². The molecule has 0 saturated carbocycles. The van der Waals surface area contributed by atoms with E-state index in [-0.39, 0.29) is 4.90 Å². The molecule has 0 bridgehead atoms. The summed E-state index contributed by atoms with van der Waals surface area (Å²) in [6.45, 7) is 0. The van der Waals surface area contributed by atoms with Gasteiger partial charge in [0, 0.05) is 12.1 Å². The van der Waals surface area contributed by atoms with E-state index in [0.29, 0.717) is 5.02 Å². The maximum Gasteiger partial charge on any atom is 0.242 e. The third-order valence-electron chi connectivity index (χ3n) is 1.92. The molecule has 4 nitrogen and oxygen atoms in total. The number of nitrogens with one attached hydrogen (secondary N) is 1. The molecule has 1 atom stereocenters.